The molecular formula is C18H18N2O4. The van der Waals surface area contributed by atoms with Crippen molar-refractivity contribution in [2.75, 3.05) is 19.0 Å². The van der Waals surface area contributed by atoms with Gasteiger partial charge in [-0.25, -0.2) is 4.79 Å². The maximum atomic E-state index is 12.0. The molecule has 2 amide bonds. The van der Waals surface area contributed by atoms with Crippen LogP contribution in [0.1, 0.15) is 16.9 Å². The maximum absolute atomic E-state index is 12.0. The van der Waals surface area contributed by atoms with Gasteiger partial charge in [0.2, 0.25) is 5.91 Å². The van der Waals surface area contributed by atoms with E-state index < -0.39 is 0 Å². The number of methoxy groups -OCH3 is 1. The Labute approximate surface area is 139 Å². The summed E-state index contributed by atoms with van der Waals surface area (Å²) in [5.41, 5.74) is 2.88. The van der Waals surface area contributed by atoms with Crippen LogP contribution in [0.5, 0.6) is 0 Å². The monoisotopic (exact) mass is 326 g/mol. The van der Waals surface area contributed by atoms with Gasteiger partial charge in [-0.3, -0.25) is 4.79 Å². The Morgan fingerprint density at radius 1 is 1.29 bits per heavy atom. The number of furan rings is 1. The van der Waals surface area contributed by atoms with E-state index in [9.17, 15) is 9.59 Å². The summed E-state index contributed by atoms with van der Waals surface area (Å²) in [5.74, 6) is 0.372. The van der Waals surface area contributed by atoms with Crippen LogP contribution in [0.3, 0.4) is 0 Å². The highest BCUT2D eigenvalue weighted by molar-refractivity contribution is 6.01. The molecule has 0 fully saturated rings. The largest absolute Gasteiger partial charge is 0.465 e. The summed E-state index contributed by atoms with van der Waals surface area (Å²) in [6, 6.07) is 9.27. The molecule has 24 heavy (non-hydrogen) atoms. The van der Waals surface area contributed by atoms with Crippen molar-refractivity contribution < 1.29 is 18.7 Å². The normalized spacial score (nSPS) is 13.6. The van der Waals surface area contributed by atoms with Crippen LogP contribution in [0, 0.1) is 0 Å². The number of nitrogens with one attached hydrogen (secondary N) is 1. The van der Waals surface area contributed by atoms with Crippen molar-refractivity contribution in [1.29, 1.82) is 0 Å². The number of carbonyl (C=O) groups excluding carboxylic acids is 2. The Morgan fingerprint density at radius 2 is 2.17 bits per heavy atom. The Balaban J connectivity index is 1.67. The van der Waals surface area contributed by atoms with Gasteiger partial charge in [-0.05, 0) is 47.9 Å². The van der Waals surface area contributed by atoms with Crippen molar-refractivity contribution in [2.45, 2.75) is 13.0 Å². The van der Waals surface area contributed by atoms with Gasteiger partial charge in [-0.2, -0.15) is 0 Å². The molecule has 0 unspecified atom stereocenters. The third kappa shape index (κ3) is 3.65. The molecule has 1 aliphatic rings. The SMILES string of the molecule is COC(=O)N1CCc2ccc(NC(=O)C=Cc3ccco3)cc2C1. The fraction of sp³-hybridized carbons (Fsp3) is 0.222. The number of ether oxygens (including phenoxy) is 1. The summed E-state index contributed by atoms with van der Waals surface area (Å²) in [6.45, 7) is 1.12. The second kappa shape index (κ2) is 7.04. The predicted octanol–water partition coefficient (Wildman–Crippen LogP) is 3.06. The van der Waals surface area contributed by atoms with Gasteiger partial charge in [0.25, 0.3) is 0 Å². The number of hydrogen-bond donors (Lipinski definition) is 1. The number of carbonyl (C=O) groups is 2. The molecule has 6 heteroatoms. The number of fused-ring (bicyclic) bond motifs is 1. The minimum Gasteiger partial charge on any atom is -0.465 e. The molecule has 0 radical (unpaired) electrons. The molecule has 0 saturated carbocycles. The van der Waals surface area contributed by atoms with Gasteiger partial charge >= 0.3 is 6.09 Å². The topological polar surface area (TPSA) is 71.8 Å². The Hall–Kier alpha value is -3.02. The van der Waals surface area contributed by atoms with E-state index in [0.29, 0.717) is 24.5 Å². The molecule has 1 aliphatic heterocycles. The molecule has 124 valence electrons. The summed E-state index contributed by atoms with van der Waals surface area (Å²) in [6.07, 6.45) is 5.01. The van der Waals surface area contributed by atoms with Crippen molar-refractivity contribution in [3.05, 3.63) is 59.6 Å². The van der Waals surface area contributed by atoms with Crippen molar-refractivity contribution >= 4 is 23.8 Å². The molecule has 0 saturated heterocycles. The molecule has 0 aliphatic carbocycles. The van der Waals surface area contributed by atoms with E-state index in [-0.39, 0.29) is 12.0 Å². The van der Waals surface area contributed by atoms with Crippen molar-refractivity contribution in [2.24, 2.45) is 0 Å². The van der Waals surface area contributed by atoms with E-state index in [1.807, 2.05) is 18.2 Å². The van der Waals surface area contributed by atoms with E-state index in [1.54, 1.807) is 29.4 Å². The standard InChI is InChI=1S/C18H18N2O4/c1-23-18(22)20-9-8-13-4-5-15(11-14(13)12-20)19-17(21)7-6-16-3-2-10-24-16/h2-7,10-11H,8-9,12H2,1H3,(H,19,21). The molecule has 0 atom stereocenters. The molecule has 1 aromatic heterocycles. The number of amides is 2. The number of hydrogen-bond acceptors (Lipinski definition) is 4. The average Bonchev–Trinajstić information content (AvgIpc) is 3.12. The summed E-state index contributed by atoms with van der Waals surface area (Å²) >= 11 is 0. The first-order valence-corrected chi connectivity index (χ1v) is 7.63. The van der Waals surface area contributed by atoms with Gasteiger partial charge in [-0.1, -0.05) is 6.07 Å². The molecule has 1 aromatic carbocycles. The van der Waals surface area contributed by atoms with Gasteiger partial charge in [0.05, 0.1) is 13.4 Å². The van der Waals surface area contributed by atoms with Crippen molar-refractivity contribution in [3.63, 3.8) is 0 Å². The summed E-state index contributed by atoms with van der Waals surface area (Å²) in [7, 11) is 1.37. The quantitative estimate of drug-likeness (QED) is 0.880. The van der Waals surface area contributed by atoms with Crippen LogP contribution in [0.25, 0.3) is 6.08 Å². The van der Waals surface area contributed by atoms with Gasteiger partial charge in [0.1, 0.15) is 5.76 Å². The van der Waals surface area contributed by atoms with Gasteiger partial charge in [-0.15, -0.1) is 0 Å². The smallest absolute Gasteiger partial charge is 0.409 e. The maximum Gasteiger partial charge on any atom is 0.409 e. The number of nitrogens with zero attached hydrogens (tertiary/aromatic N) is 1. The van der Waals surface area contributed by atoms with Gasteiger partial charge in [0, 0.05) is 24.9 Å². The Kier molecular flexibility index (Phi) is 4.65. The minimum atomic E-state index is -0.337. The summed E-state index contributed by atoms with van der Waals surface area (Å²) < 4.78 is 9.90. The van der Waals surface area contributed by atoms with Crippen LogP contribution in [0.2, 0.25) is 0 Å². The lowest BCUT2D eigenvalue weighted by molar-refractivity contribution is -0.111. The fourth-order valence-electron chi connectivity index (χ4n) is 2.65. The second-order valence-electron chi connectivity index (χ2n) is 5.46. The lowest BCUT2D eigenvalue weighted by Gasteiger charge is -2.28. The first kappa shape index (κ1) is 15.9. The number of benzene rings is 1. The highest BCUT2D eigenvalue weighted by atomic mass is 16.5. The summed E-state index contributed by atoms with van der Waals surface area (Å²) in [5, 5.41) is 2.81. The molecule has 2 aromatic rings. The molecule has 6 nitrogen and oxygen atoms in total. The van der Waals surface area contributed by atoms with Crippen LogP contribution in [0.4, 0.5) is 10.5 Å². The molecular weight excluding hydrogens is 308 g/mol. The van der Waals surface area contributed by atoms with Gasteiger partial charge < -0.3 is 19.4 Å². The first-order chi connectivity index (χ1) is 11.7. The second-order valence-corrected chi connectivity index (χ2v) is 5.46. The van der Waals surface area contributed by atoms with E-state index in [0.717, 1.165) is 12.0 Å². The molecule has 2 heterocycles. The fourth-order valence-corrected chi connectivity index (χ4v) is 2.65. The van der Waals surface area contributed by atoms with Crippen LogP contribution < -0.4 is 5.32 Å². The van der Waals surface area contributed by atoms with Crippen LogP contribution in [0.15, 0.2) is 47.1 Å². The Bertz CT molecular complexity index is 765. The zero-order valence-electron chi connectivity index (χ0n) is 13.3. The average molecular weight is 326 g/mol. The van der Waals surface area contributed by atoms with Crippen molar-refractivity contribution in [3.8, 4) is 0 Å². The third-order valence-electron chi connectivity index (χ3n) is 3.86. The summed E-state index contributed by atoms with van der Waals surface area (Å²) in [4.78, 5) is 25.3. The lowest BCUT2D eigenvalue weighted by atomic mass is 9.99. The zero-order valence-corrected chi connectivity index (χ0v) is 13.3. The van der Waals surface area contributed by atoms with E-state index >= 15 is 0 Å². The van der Waals surface area contributed by atoms with Crippen LogP contribution in [-0.4, -0.2) is 30.6 Å². The van der Waals surface area contributed by atoms with E-state index in [2.05, 4.69) is 5.32 Å². The molecule has 0 bridgehead atoms. The van der Waals surface area contributed by atoms with Crippen molar-refractivity contribution in [1.82, 2.24) is 4.90 Å². The third-order valence-corrected chi connectivity index (χ3v) is 3.86. The highest BCUT2D eigenvalue weighted by Gasteiger charge is 2.21. The van der Waals surface area contributed by atoms with E-state index in [4.69, 9.17) is 9.15 Å². The number of rotatable bonds is 3. The highest BCUT2D eigenvalue weighted by Crippen LogP contribution is 2.23. The minimum absolute atomic E-state index is 0.244. The Morgan fingerprint density at radius 3 is 2.92 bits per heavy atom. The predicted molar refractivity (Wildman–Crippen MR) is 89.3 cm³/mol. The van der Waals surface area contributed by atoms with Crippen LogP contribution >= 0.6 is 0 Å². The number of anilines is 1. The lowest BCUT2D eigenvalue weighted by Crippen LogP contribution is -2.35. The first-order valence-electron chi connectivity index (χ1n) is 7.63. The molecule has 3 rings (SSSR count). The molecule has 1 N–H and O–H groups in total. The molecule has 0 spiro atoms. The van der Waals surface area contributed by atoms with E-state index in [1.165, 1.54) is 18.7 Å². The van der Waals surface area contributed by atoms with Gasteiger partial charge in [0.15, 0.2) is 0 Å². The zero-order chi connectivity index (χ0) is 16.9. The van der Waals surface area contributed by atoms with Crippen LogP contribution in [-0.2, 0) is 22.5 Å².